The molecule has 0 heterocycles. The molecule has 2 nitrogen and oxygen atoms in total. The maximum Gasteiger partial charge on any atom is 0.0806 e. The van der Waals surface area contributed by atoms with Crippen LogP contribution in [0.2, 0.25) is 0 Å². The van der Waals surface area contributed by atoms with E-state index >= 15 is 0 Å². The van der Waals surface area contributed by atoms with Gasteiger partial charge in [0, 0.05) is 19.2 Å². The van der Waals surface area contributed by atoms with Crippen LogP contribution in [0.15, 0.2) is 0 Å². The highest BCUT2D eigenvalue weighted by Gasteiger charge is 2.37. The van der Waals surface area contributed by atoms with E-state index in [1.54, 1.807) is 0 Å². The Morgan fingerprint density at radius 2 is 1.75 bits per heavy atom. The Labute approximate surface area is 125 Å². The molecule has 0 unspecified atom stereocenters. The van der Waals surface area contributed by atoms with Crippen molar-refractivity contribution in [1.82, 2.24) is 5.32 Å². The number of rotatable bonds is 8. The van der Waals surface area contributed by atoms with Gasteiger partial charge in [-0.2, -0.15) is 0 Å². The Bertz CT molecular complexity index is 288. The Hall–Kier alpha value is -0.0800. The van der Waals surface area contributed by atoms with Crippen LogP contribution in [-0.2, 0) is 4.74 Å². The molecular weight excluding hydrogens is 246 g/mol. The molecular formula is C18H33NO. The largest absolute Gasteiger partial charge is 0.374 e. The van der Waals surface area contributed by atoms with Crippen molar-refractivity contribution < 1.29 is 4.74 Å². The van der Waals surface area contributed by atoms with Gasteiger partial charge in [0.15, 0.2) is 0 Å². The highest BCUT2D eigenvalue weighted by molar-refractivity contribution is 4.92. The minimum atomic E-state index is 0.179. The molecule has 20 heavy (non-hydrogen) atoms. The summed E-state index contributed by atoms with van der Waals surface area (Å²) in [7, 11) is 0. The van der Waals surface area contributed by atoms with Crippen molar-refractivity contribution in [2.45, 2.75) is 89.2 Å². The lowest BCUT2D eigenvalue weighted by Gasteiger charge is -2.41. The van der Waals surface area contributed by atoms with Crippen LogP contribution < -0.4 is 5.32 Å². The number of hydrogen-bond donors (Lipinski definition) is 1. The van der Waals surface area contributed by atoms with E-state index in [0.29, 0.717) is 0 Å². The lowest BCUT2D eigenvalue weighted by atomic mass is 9.77. The van der Waals surface area contributed by atoms with Gasteiger partial charge in [0.05, 0.1) is 5.60 Å². The summed E-state index contributed by atoms with van der Waals surface area (Å²) in [6.45, 7) is 4.46. The smallest absolute Gasteiger partial charge is 0.0806 e. The van der Waals surface area contributed by atoms with Crippen LogP contribution in [0, 0.1) is 11.8 Å². The predicted octanol–water partition coefficient (Wildman–Crippen LogP) is 4.28. The summed E-state index contributed by atoms with van der Waals surface area (Å²) in [4.78, 5) is 0. The van der Waals surface area contributed by atoms with Gasteiger partial charge in [-0.3, -0.25) is 0 Å². The third-order valence-corrected chi connectivity index (χ3v) is 6.04. The number of hydrogen-bond acceptors (Lipinski definition) is 2. The third-order valence-electron chi connectivity index (χ3n) is 6.04. The monoisotopic (exact) mass is 279 g/mol. The van der Waals surface area contributed by atoms with Crippen molar-refractivity contribution in [2.24, 2.45) is 11.8 Å². The van der Waals surface area contributed by atoms with Gasteiger partial charge in [-0.15, -0.1) is 0 Å². The Balaban J connectivity index is 1.46. The molecule has 3 aliphatic rings. The zero-order chi connectivity index (χ0) is 13.8. The molecule has 3 saturated carbocycles. The number of ether oxygens (including phenoxy) is 1. The summed E-state index contributed by atoms with van der Waals surface area (Å²) in [5.74, 6) is 1.94. The summed E-state index contributed by atoms with van der Waals surface area (Å²) < 4.78 is 6.49. The molecule has 3 rings (SSSR count). The Morgan fingerprint density at radius 3 is 2.30 bits per heavy atom. The second-order valence-electron chi connectivity index (χ2n) is 7.62. The van der Waals surface area contributed by atoms with Gasteiger partial charge in [0.2, 0.25) is 0 Å². The molecule has 0 radical (unpaired) electrons. The first-order valence-electron chi connectivity index (χ1n) is 9.17. The maximum atomic E-state index is 6.49. The number of nitrogens with one attached hydrogen (secondary N) is 1. The van der Waals surface area contributed by atoms with Crippen molar-refractivity contribution >= 4 is 0 Å². The zero-order valence-corrected chi connectivity index (χ0v) is 13.3. The van der Waals surface area contributed by atoms with E-state index in [0.717, 1.165) is 31.0 Å². The quantitative estimate of drug-likeness (QED) is 0.716. The molecule has 3 fully saturated rings. The van der Waals surface area contributed by atoms with Crippen LogP contribution in [0.3, 0.4) is 0 Å². The van der Waals surface area contributed by atoms with E-state index in [-0.39, 0.29) is 5.60 Å². The third kappa shape index (κ3) is 3.98. The average molecular weight is 279 g/mol. The van der Waals surface area contributed by atoms with Crippen molar-refractivity contribution in [3.8, 4) is 0 Å². The molecule has 0 aromatic carbocycles. The fourth-order valence-corrected chi connectivity index (χ4v) is 3.83. The molecule has 2 heteroatoms. The van der Waals surface area contributed by atoms with E-state index in [2.05, 4.69) is 12.2 Å². The maximum absolute atomic E-state index is 6.49. The van der Waals surface area contributed by atoms with Crippen molar-refractivity contribution in [3.63, 3.8) is 0 Å². The molecule has 0 amide bonds. The first-order chi connectivity index (χ1) is 9.80. The fraction of sp³-hybridized carbons (Fsp3) is 1.00. The van der Waals surface area contributed by atoms with Gasteiger partial charge in [-0.1, -0.05) is 32.6 Å². The lowest BCUT2D eigenvalue weighted by Crippen LogP contribution is -2.47. The van der Waals surface area contributed by atoms with Crippen molar-refractivity contribution in [2.75, 3.05) is 13.2 Å². The standard InChI is InChI=1S/C18H33NO/c1-2-15-8-11-18(12-9-15,14-19-17-6-7-17)20-13-10-16-4-3-5-16/h15-17,19H,2-14H2,1H3. The summed E-state index contributed by atoms with van der Waals surface area (Å²) >= 11 is 0. The SMILES string of the molecule is CCC1CCC(CNC2CC2)(OCCC2CCC2)CC1. The van der Waals surface area contributed by atoms with Gasteiger partial charge in [0.1, 0.15) is 0 Å². The van der Waals surface area contributed by atoms with Gasteiger partial charge >= 0.3 is 0 Å². The molecule has 3 aliphatic carbocycles. The Morgan fingerprint density at radius 1 is 1.00 bits per heavy atom. The molecule has 0 spiro atoms. The Kier molecular flexibility index (Phi) is 5.04. The first kappa shape index (κ1) is 14.8. The predicted molar refractivity (Wildman–Crippen MR) is 83.9 cm³/mol. The van der Waals surface area contributed by atoms with Crippen LogP contribution >= 0.6 is 0 Å². The zero-order valence-electron chi connectivity index (χ0n) is 13.3. The van der Waals surface area contributed by atoms with Crippen LogP contribution in [-0.4, -0.2) is 24.8 Å². The molecule has 0 aromatic rings. The topological polar surface area (TPSA) is 21.3 Å². The van der Waals surface area contributed by atoms with Gasteiger partial charge in [0.25, 0.3) is 0 Å². The summed E-state index contributed by atoms with van der Waals surface area (Å²) in [5.41, 5.74) is 0.179. The molecule has 0 bridgehead atoms. The van der Waals surface area contributed by atoms with Crippen molar-refractivity contribution in [3.05, 3.63) is 0 Å². The molecule has 0 saturated heterocycles. The first-order valence-corrected chi connectivity index (χ1v) is 9.17. The van der Waals surface area contributed by atoms with Crippen LogP contribution in [0.5, 0.6) is 0 Å². The second-order valence-corrected chi connectivity index (χ2v) is 7.62. The van der Waals surface area contributed by atoms with E-state index in [9.17, 15) is 0 Å². The van der Waals surface area contributed by atoms with Gasteiger partial charge in [-0.25, -0.2) is 0 Å². The molecule has 116 valence electrons. The van der Waals surface area contributed by atoms with Gasteiger partial charge in [-0.05, 0) is 56.8 Å². The van der Waals surface area contributed by atoms with Gasteiger partial charge < -0.3 is 10.1 Å². The minimum absolute atomic E-state index is 0.179. The average Bonchev–Trinajstić information content (AvgIpc) is 3.25. The van der Waals surface area contributed by atoms with Crippen LogP contribution in [0.25, 0.3) is 0 Å². The van der Waals surface area contributed by atoms with Crippen LogP contribution in [0.1, 0.15) is 77.6 Å². The molecule has 0 aliphatic heterocycles. The lowest BCUT2D eigenvalue weighted by molar-refractivity contribution is -0.0824. The summed E-state index contributed by atoms with van der Waals surface area (Å²) in [6.07, 6.45) is 15.1. The van der Waals surface area contributed by atoms with Crippen molar-refractivity contribution in [1.29, 1.82) is 0 Å². The highest BCUT2D eigenvalue weighted by atomic mass is 16.5. The second kappa shape index (κ2) is 6.79. The van der Waals surface area contributed by atoms with Crippen LogP contribution in [0.4, 0.5) is 0 Å². The molecule has 0 aromatic heterocycles. The molecule has 1 N–H and O–H groups in total. The summed E-state index contributed by atoms with van der Waals surface area (Å²) in [5, 5.41) is 3.74. The van der Waals surface area contributed by atoms with E-state index in [1.165, 1.54) is 70.6 Å². The summed E-state index contributed by atoms with van der Waals surface area (Å²) in [6, 6.07) is 0.811. The molecule has 0 atom stereocenters. The van der Waals surface area contributed by atoms with E-state index in [4.69, 9.17) is 4.74 Å². The van der Waals surface area contributed by atoms with E-state index < -0.39 is 0 Å². The highest BCUT2D eigenvalue weighted by Crippen LogP contribution is 2.37. The fourth-order valence-electron chi connectivity index (χ4n) is 3.83. The van der Waals surface area contributed by atoms with E-state index in [1.807, 2.05) is 0 Å². The minimum Gasteiger partial charge on any atom is -0.374 e. The normalized spacial score (nSPS) is 35.0.